The number of rotatable bonds is 3. The number of aliphatic carboxylic acids is 1. The molecule has 0 aliphatic heterocycles. The van der Waals surface area contributed by atoms with Crippen molar-refractivity contribution in [3.05, 3.63) is 35.4 Å². The molecule has 0 spiro atoms. The van der Waals surface area contributed by atoms with Crippen LogP contribution in [0.25, 0.3) is 0 Å². The molecule has 6 heteroatoms. The molecule has 1 atom stereocenters. The molecule has 1 rings (SSSR count). The Morgan fingerprint density at radius 1 is 1.31 bits per heavy atom. The first-order chi connectivity index (χ1) is 7.38. The number of alkyl halides is 3. The van der Waals surface area contributed by atoms with Crippen LogP contribution in [0.4, 0.5) is 13.2 Å². The summed E-state index contributed by atoms with van der Waals surface area (Å²) in [6.45, 7) is -0.873. The summed E-state index contributed by atoms with van der Waals surface area (Å²) >= 11 is 0. The third-order valence-corrected chi connectivity index (χ3v) is 2.12. The van der Waals surface area contributed by atoms with Gasteiger partial charge in [0, 0.05) is 0 Å². The van der Waals surface area contributed by atoms with Crippen LogP contribution in [0.3, 0.4) is 0 Å². The fourth-order valence-electron chi connectivity index (χ4n) is 1.37. The molecule has 3 nitrogen and oxygen atoms in total. The first-order valence-corrected chi connectivity index (χ1v) is 4.37. The Morgan fingerprint density at radius 3 is 2.31 bits per heavy atom. The largest absolute Gasteiger partial charge is 0.481 e. The second-order valence-corrected chi connectivity index (χ2v) is 3.16. The van der Waals surface area contributed by atoms with E-state index in [9.17, 15) is 18.0 Å². The average Bonchev–Trinajstić information content (AvgIpc) is 2.17. The first-order valence-electron chi connectivity index (χ1n) is 4.37. The molecule has 0 fully saturated rings. The van der Waals surface area contributed by atoms with Crippen LogP contribution < -0.4 is 0 Å². The Hall–Kier alpha value is -1.56. The number of hydrogen-bond donors (Lipinski definition) is 2. The minimum absolute atomic E-state index is 0.426. The lowest BCUT2D eigenvalue weighted by atomic mass is 9.94. The molecule has 88 valence electrons. The van der Waals surface area contributed by atoms with Crippen LogP contribution in [0, 0.1) is 0 Å². The molecule has 0 bridgehead atoms. The van der Waals surface area contributed by atoms with Gasteiger partial charge in [-0.15, -0.1) is 0 Å². The minimum atomic E-state index is -4.63. The summed E-state index contributed by atoms with van der Waals surface area (Å²) in [5.74, 6) is -3.04. The zero-order valence-corrected chi connectivity index (χ0v) is 8.03. The predicted molar refractivity (Wildman–Crippen MR) is 48.9 cm³/mol. The highest BCUT2D eigenvalue weighted by Crippen LogP contribution is 2.35. The van der Waals surface area contributed by atoms with E-state index in [1.54, 1.807) is 0 Å². The molecule has 16 heavy (non-hydrogen) atoms. The van der Waals surface area contributed by atoms with Gasteiger partial charge in [-0.3, -0.25) is 4.79 Å². The van der Waals surface area contributed by atoms with Crippen molar-refractivity contribution in [2.75, 3.05) is 6.61 Å². The van der Waals surface area contributed by atoms with Crippen LogP contribution in [-0.4, -0.2) is 22.8 Å². The molecule has 1 aromatic carbocycles. The molecule has 0 saturated heterocycles. The van der Waals surface area contributed by atoms with Crippen LogP contribution in [0.1, 0.15) is 17.0 Å². The average molecular weight is 234 g/mol. The van der Waals surface area contributed by atoms with Crippen molar-refractivity contribution in [2.24, 2.45) is 0 Å². The van der Waals surface area contributed by atoms with Crippen LogP contribution in [-0.2, 0) is 11.0 Å². The number of carbonyl (C=O) groups is 1. The van der Waals surface area contributed by atoms with Crippen LogP contribution in [0.2, 0.25) is 0 Å². The molecule has 0 aromatic heterocycles. The molecule has 1 unspecified atom stereocenters. The highest BCUT2D eigenvalue weighted by atomic mass is 19.4. The topological polar surface area (TPSA) is 57.5 Å². The van der Waals surface area contributed by atoms with Gasteiger partial charge in [-0.1, -0.05) is 18.2 Å². The van der Waals surface area contributed by atoms with E-state index in [4.69, 9.17) is 10.2 Å². The van der Waals surface area contributed by atoms with E-state index in [-0.39, 0.29) is 0 Å². The summed E-state index contributed by atoms with van der Waals surface area (Å²) in [5.41, 5.74) is -1.46. The third kappa shape index (κ3) is 2.52. The Morgan fingerprint density at radius 2 is 1.88 bits per heavy atom. The van der Waals surface area contributed by atoms with Crippen molar-refractivity contribution in [3.63, 3.8) is 0 Å². The summed E-state index contributed by atoms with van der Waals surface area (Å²) in [6.07, 6.45) is -4.63. The lowest BCUT2D eigenvalue weighted by molar-refractivity contribution is -0.142. The van der Waals surface area contributed by atoms with Gasteiger partial charge < -0.3 is 10.2 Å². The summed E-state index contributed by atoms with van der Waals surface area (Å²) in [5, 5.41) is 17.5. The lowest BCUT2D eigenvalue weighted by Crippen LogP contribution is -2.20. The van der Waals surface area contributed by atoms with Crippen molar-refractivity contribution in [2.45, 2.75) is 12.1 Å². The fraction of sp³-hybridized carbons (Fsp3) is 0.300. The lowest BCUT2D eigenvalue weighted by Gasteiger charge is -2.16. The zero-order valence-electron chi connectivity index (χ0n) is 8.03. The summed E-state index contributed by atoms with van der Waals surface area (Å²) < 4.78 is 37.6. The molecular weight excluding hydrogens is 225 g/mol. The van der Waals surface area contributed by atoms with Gasteiger partial charge in [0.2, 0.25) is 0 Å². The third-order valence-electron chi connectivity index (χ3n) is 2.12. The minimum Gasteiger partial charge on any atom is -0.481 e. The van der Waals surface area contributed by atoms with Gasteiger partial charge >= 0.3 is 12.1 Å². The van der Waals surface area contributed by atoms with E-state index in [0.29, 0.717) is 0 Å². The summed E-state index contributed by atoms with van der Waals surface area (Å²) in [7, 11) is 0. The van der Waals surface area contributed by atoms with Gasteiger partial charge in [0.25, 0.3) is 0 Å². The van der Waals surface area contributed by atoms with Crippen molar-refractivity contribution in [1.82, 2.24) is 0 Å². The van der Waals surface area contributed by atoms with E-state index in [0.717, 1.165) is 12.1 Å². The van der Waals surface area contributed by atoms with Crippen LogP contribution in [0.15, 0.2) is 24.3 Å². The molecule has 0 radical (unpaired) electrons. The van der Waals surface area contributed by atoms with E-state index >= 15 is 0 Å². The van der Waals surface area contributed by atoms with Gasteiger partial charge in [-0.25, -0.2) is 0 Å². The van der Waals surface area contributed by atoms with Gasteiger partial charge in [-0.05, 0) is 11.6 Å². The highest BCUT2D eigenvalue weighted by molar-refractivity contribution is 5.76. The van der Waals surface area contributed by atoms with Gasteiger partial charge in [0.05, 0.1) is 12.2 Å². The SMILES string of the molecule is O=C(O)C(CO)c1ccccc1C(F)(F)F. The van der Waals surface area contributed by atoms with Crippen molar-refractivity contribution in [1.29, 1.82) is 0 Å². The van der Waals surface area contributed by atoms with E-state index in [1.807, 2.05) is 0 Å². The highest BCUT2D eigenvalue weighted by Gasteiger charge is 2.36. The Kier molecular flexibility index (Phi) is 3.54. The maximum Gasteiger partial charge on any atom is 0.416 e. The number of hydrogen-bond acceptors (Lipinski definition) is 2. The normalized spacial score (nSPS) is 13.5. The Bertz CT molecular complexity index is 387. The van der Waals surface area contributed by atoms with Gasteiger partial charge in [0.15, 0.2) is 0 Å². The van der Waals surface area contributed by atoms with Crippen LogP contribution in [0.5, 0.6) is 0 Å². The summed E-state index contributed by atoms with van der Waals surface area (Å²) in [4.78, 5) is 10.7. The van der Waals surface area contributed by atoms with E-state index in [2.05, 4.69) is 0 Å². The number of benzene rings is 1. The standard InChI is InChI=1S/C10H9F3O3/c11-10(12,13)8-4-2-1-3-6(8)7(5-14)9(15)16/h1-4,7,14H,5H2,(H,15,16). The first kappa shape index (κ1) is 12.5. The monoisotopic (exact) mass is 234 g/mol. The van der Waals surface area contributed by atoms with Gasteiger partial charge in [0.1, 0.15) is 5.92 Å². The fourth-order valence-corrected chi connectivity index (χ4v) is 1.37. The van der Waals surface area contributed by atoms with Crippen molar-refractivity contribution < 1.29 is 28.2 Å². The number of aliphatic hydroxyl groups excluding tert-OH is 1. The Balaban J connectivity index is 3.27. The molecule has 0 amide bonds. The molecule has 2 N–H and O–H groups in total. The predicted octanol–water partition coefficient (Wildman–Crippen LogP) is 1.87. The quantitative estimate of drug-likeness (QED) is 0.839. The number of carboxylic acid groups (broad SMARTS) is 1. The van der Waals surface area contributed by atoms with Crippen molar-refractivity contribution in [3.8, 4) is 0 Å². The van der Waals surface area contributed by atoms with Gasteiger partial charge in [-0.2, -0.15) is 13.2 Å². The van der Waals surface area contributed by atoms with Crippen molar-refractivity contribution >= 4 is 5.97 Å². The molecular formula is C10H9F3O3. The van der Waals surface area contributed by atoms with Crippen LogP contribution >= 0.6 is 0 Å². The summed E-state index contributed by atoms with van der Waals surface area (Å²) in [6, 6.07) is 4.32. The van der Waals surface area contributed by atoms with E-state index in [1.165, 1.54) is 12.1 Å². The molecule has 0 saturated carbocycles. The number of halogens is 3. The smallest absolute Gasteiger partial charge is 0.416 e. The molecule has 0 aliphatic carbocycles. The second kappa shape index (κ2) is 4.52. The van der Waals surface area contributed by atoms with E-state index < -0.39 is 35.8 Å². The number of aliphatic hydroxyl groups is 1. The Labute approximate surface area is 89.1 Å². The maximum atomic E-state index is 12.5. The molecule has 1 aromatic rings. The zero-order chi connectivity index (χ0) is 12.3. The second-order valence-electron chi connectivity index (χ2n) is 3.16. The number of carboxylic acids is 1. The maximum absolute atomic E-state index is 12.5. The molecule has 0 aliphatic rings. The molecule has 0 heterocycles.